The van der Waals surface area contributed by atoms with Crippen molar-refractivity contribution in [2.45, 2.75) is 10.7 Å². The molecular formula is C13H15F2NO6S. The summed E-state index contributed by atoms with van der Waals surface area (Å²) < 4.78 is 56.6. The molecule has 1 N–H and O–H groups in total. The third-order valence-electron chi connectivity index (χ3n) is 2.62. The van der Waals surface area contributed by atoms with E-state index in [9.17, 15) is 26.8 Å². The summed E-state index contributed by atoms with van der Waals surface area (Å²) in [5.41, 5.74) is -0.0668. The Morgan fingerprint density at radius 2 is 1.83 bits per heavy atom. The molecule has 1 rings (SSSR count). The standard InChI is InChI=1S/C13H15F2NO6S/c1-21-7-6-16-11(17)8-22-12(18)9-2-4-10(5-3-9)23(19,20)13(14)15/h2-5,13H,6-8H2,1H3,(H,16,17). The Balaban J connectivity index is 2.60. The molecule has 0 spiro atoms. The van der Waals surface area contributed by atoms with Crippen molar-refractivity contribution in [2.75, 3.05) is 26.9 Å². The predicted molar refractivity (Wildman–Crippen MR) is 74.8 cm³/mol. The van der Waals surface area contributed by atoms with Crippen LogP contribution in [-0.4, -0.2) is 52.9 Å². The molecule has 10 heteroatoms. The molecule has 1 aromatic rings. The molecule has 1 aromatic carbocycles. The van der Waals surface area contributed by atoms with E-state index in [0.717, 1.165) is 24.3 Å². The van der Waals surface area contributed by atoms with Crippen LogP contribution < -0.4 is 5.32 Å². The highest BCUT2D eigenvalue weighted by atomic mass is 32.2. The summed E-state index contributed by atoms with van der Waals surface area (Å²) in [6, 6.07) is 3.80. The number of benzene rings is 1. The number of methoxy groups -OCH3 is 1. The van der Waals surface area contributed by atoms with Crippen LogP contribution in [0.5, 0.6) is 0 Å². The molecule has 0 atom stereocenters. The fraction of sp³-hybridized carbons (Fsp3) is 0.385. The number of alkyl halides is 2. The minimum Gasteiger partial charge on any atom is -0.452 e. The molecule has 0 unspecified atom stereocenters. The van der Waals surface area contributed by atoms with Crippen molar-refractivity contribution in [3.63, 3.8) is 0 Å². The van der Waals surface area contributed by atoms with Gasteiger partial charge in [0, 0.05) is 13.7 Å². The van der Waals surface area contributed by atoms with Crippen LogP contribution in [0.15, 0.2) is 29.2 Å². The quantitative estimate of drug-likeness (QED) is 0.544. The summed E-state index contributed by atoms with van der Waals surface area (Å²) in [5, 5.41) is 2.43. The SMILES string of the molecule is COCCNC(=O)COC(=O)c1ccc(S(=O)(=O)C(F)F)cc1. The molecule has 0 fully saturated rings. The van der Waals surface area contributed by atoms with Crippen LogP contribution in [0.25, 0.3) is 0 Å². The van der Waals surface area contributed by atoms with Gasteiger partial charge in [0.25, 0.3) is 5.91 Å². The lowest BCUT2D eigenvalue weighted by atomic mass is 10.2. The highest BCUT2D eigenvalue weighted by Crippen LogP contribution is 2.18. The Kier molecular flexibility index (Phi) is 7.04. The summed E-state index contributed by atoms with van der Waals surface area (Å²) in [7, 11) is -3.26. The zero-order valence-corrected chi connectivity index (χ0v) is 12.9. The van der Waals surface area contributed by atoms with E-state index in [1.165, 1.54) is 7.11 Å². The molecule has 0 saturated carbocycles. The first-order valence-corrected chi connectivity index (χ1v) is 7.88. The van der Waals surface area contributed by atoms with Gasteiger partial charge in [-0.3, -0.25) is 4.79 Å². The lowest BCUT2D eigenvalue weighted by molar-refractivity contribution is -0.124. The maximum atomic E-state index is 12.4. The van der Waals surface area contributed by atoms with Gasteiger partial charge in [-0.15, -0.1) is 0 Å². The monoisotopic (exact) mass is 351 g/mol. The van der Waals surface area contributed by atoms with Crippen LogP contribution in [0.1, 0.15) is 10.4 Å². The summed E-state index contributed by atoms with van der Waals surface area (Å²) in [6.07, 6.45) is 0. The van der Waals surface area contributed by atoms with Crippen LogP contribution >= 0.6 is 0 Å². The van der Waals surface area contributed by atoms with E-state index in [0.29, 0.717) is 6.61 Å². The van der Waals surface area contributed by atoms with Crippen LogP contribution in [0.3, 0.4) is 0 Å². The zero-order chi connectivity index (χ0) is 17.5. The summed E-state index contributed by atoms with van der Waals surface area (Å²) in [5.74, 6) is -4.96. The van der Waals surface area contributed by atoms with Gasteiger partial charge in [-0.05, 0) is 24.3 Å². The molecule has 0 heterocycles. The maximum absolute atomic E-state index is 12.4. The van der Waals surface area contributed by atoms with Crippen molar-refractivity contribution < 1.29 is 36.3 Å². The van der Waals surface area contributed by atoms with E-state index in [-0.39, 0.29) is 12.1 Å². The predicted octanol–water partition coefficient (Wildman–Crippen LogP) is 0.602. The molecular weight excluding hydrogens is 336 g/mol. The van der Waals surface area contributed by atoms with E-state index in [1.807, 2.05) is 0 Å². The molecule has 0 bridgehead atoms. The molecule has 0 radical (unpaired) electrons. The van der Waals surface area contributed by atoms with Gasteiger partial charge in [-0.2, -0.15) is 8.78 Å². The van der Waals surface area contributed by atoms with Gasteiger partial charge in [0.1, 0.15) is 0 Å². The minimum atomic E-state index is -4.72. The molecule has 0 aliphatic rings. The number of nitrogens with one attached hydrogen (secondary N) is 1. The van der Waals surface area contributed by atoms with Gasteiger partial charge < -0.3 is 14.8 Å². The van der Waals surface area contributed by atoms with E-state index in [4.69, 9.17) is 9.47 Å². The Hall–Kier alpha value is -2.07. The Morgan fingerprint density at radius 3 is 2.35 bits per heavy atom. The van der Waals surface area contributed by atoms with Crippen LogP contribution in [0.4, 0.5) is 8.78 Å². The highest BCUT2D eigenvalue weighted by Gasteiger charge is 2.26. The number of sulfone groups is 1. The number of hydrogen-bond acceptors (Lipinski definition) is 6. The largest absolute Gasteiger partial charge is 0.452 e. The molecule has 1 amide bonds. The molecule has 0 aliphatic carbocycles. The third kappa shape index (κ3) is 5.57. The summed E-state index contributed by atoms with van der Waals surface area (Å²) in [4.78, 5) is 22.3. The Labute approximate surface area is 131 Å². The fourth-order valence-electron chi connectivity index (χ4n) is 1.44. The number of hydrogen-bond donors (Lipinski definition) is 1. The van der Waals surface area contributed by atoms with Crippen LogP contribution in [0.2, 0.25) is 0 Å². The number of amides is 1. The highest BCUT2D eigenvalue weighted by molar-refractivity contribution is 7.91. The van der Waals surface area contributed by atoms with Gasteiger partial charge in [-0.25, -0.2) is 13.2 Å². The summed E-state index contributed by atoms with van der Waals surface area (Å²) in [6.45, 7) is 0.0342. The number of halogens is 2. The smallest absolute Gasteiger partial charge is 0.341 e. The number of carbonyl (C=O) groups is 2. The average Bonchev–Trinajstić information content (AvgIpc) is 2.52. The molecule has 128 valence electrons. The maximum Gasteiger partial charge on any atom is 0.341 e. The van der Waals surface area contributed by atoms with Crippen molar-refractivity contribution >= 4 is 21.7 Å². The first-order chi connectivity index (χ1) is 10.8. The van der Waals surface area contributed by atoms with Crippen molar-refractivity contribution in [1.29, 1.82) is 0 Å². The van der Waals surface area contributed by atoms with Gasteiger partial charge in [0.15, 0.2) is 6.61 Å². The first-order valence-electron chi connectivity index (χ1n) is 6.34. The van der Waals surface area contributed by atoms with E-state index in [1.54, 1.807) is 0 Å². The number of ether oxygens (including phenoxy) is 2. The van der Waals surface area contributed by atoms with E-state index in [2.05, 4.69) is 5.32 Å². The average molecular weight is 351 g/mol. The number of esters is 1. The number of carbonyl (C=O) groups excluding carboxylic acids is 2. The van der Waals surface area contributed by atoms with Gasteiger partial charge >= 0.3 is 11.7 Å². The fourth-order valence-corrected chi connectivity index (χ4v) is 2.16. The molecule has 0 saturated heterocycles. The minimum absolute atomic E-state index is 0.0668. The second kappa shape index (κ2) is 8.53. The van der Waals surface area contributed by atoms with Crippen molar-refractivity contribution in [3.05, 3.63) is 29.8 Å². The molecule has 7 nitrogen and oxygen atoms in total. The van der Waals surface area contributed by atoms with Crippen molar-refractivity contribution in [1.82, 2.24) is 5.32 Å². The van der Waals surface area contributed by atoms with Crippen LogP contribution in [-0.2, 0) is 24.1 Å². The topological polar surface area (TPSA) is 98.8 Å². The van der Waals surface area contributed by atoms with Crippen molar-refractivity contribution in [3.8, 4) is 0 Å². The van der Waals surface area contributed by atoms with Gasteiger partial charge in [0.2, 0.25) is 9.84 Å². The lowest BCUT2D eigenvalue weighted by Gasteiger charge is -2.07. The summed E-state index contributed by atoms with van der Waals surface area (Å²) >= 11 is 0. The zero-order valence-electron chi connectivity index (χ0n) is 12.1. The molecule has 0 aliphatic heterocycles. The van der Waals surface area contributed by atoms with Gasteiger partial charge in [-0.1, -0.05) is 0 Å². The van der Waals surface area contributed by atoms with Gasteiger partial charge in [0.05, 0.1) is 17.1 Å². The Bertz CT molecular complexity index is 645. The van der Waals surface area contributed by atoms with Crippen molar-refractivity contribution in [2.24, 2.45) is 0 Å². The normalized spacial score (nSPS) is 11.3. The molecule has 23 heavy (non-hydrogen) atoms. The Morgan fingerprint density at radius 1 is 1.22 bits per heavy atom. The second-order valence-electron chi connectivity index (χ2n) is 4.25. The molecule has 0 aromatic heterocycles. The third-order valence-corrected chi connectivity index (χ3v) is 4.01. The van der Waals surface area contributed by atoms with E-state index < -0.39 is 39.0 Å². The number of rotatable bonds is 8. The lowest BCUT2D eigenvalue weighted by Crippen LogP contribution is -2.31. The van der Waals surface area contributed by atoms with Crippen LogP contribution in [0, 0.1) is 0 Å². The first kappa shape index (κ1) is 19.0. The second-order valence-corrected chi connectivity index (χ2v) is 6.17. The van der Waals surface area contributed by atoms with E-state index >= 15 is 0 Å².